The lowest BCUT2D eigenvalue weighted by molar-refractivity contribution is 0.522. The van der Waals surface area contributed by atoms with Crippen molar-refractivity contribution in [3.63, 3.8) is 0 Å². The first-order chi connectivity index (χ1) is 8.52. The van der Waals surface area contributed by atoms with Crippen molar-refractivity contribution in [3.8, 4) is 0 Å². The van der Waals surface area contributed by atoms with Crippen LogP contribution in [0.1, 0.15) is 51.6 Å². The van der Waals surface area contributed by atoms with Crippen LogP contribution in [0.3, 0.4) is 0 Å². The predicted octanol–water partition coefficient (Wildman–Crippen LogP) is 3.33. The molecule has 104 valence electrons. The molecule has 0 unspecified atom stereocenters. The van der Waals surface area contributed by atoms with Crippen LogP contribution in [0.15, 0.2) is 0 Å². The van der Waals surface area contributed by atoms with E-state index in [1.165, 1.54) is 32.1 Å². The molecule has 0 aromatic carbocycles. The summed E-state index contributed by atoms with van der Waals surface area (Å²) in [4.78, 5) is 0. The van der Waals surface area contributed by atoms with Gasteiger partial charge in [-0.15, -0.1) is 0 Å². The SMILES string of the molecule is Cc1nn(C)c(NCCCCCCC(C)C)c1N. The standard InChI is InChI=1S/C14H28N4/c1-11(2)9-7-5-6-8-10-16-14-13(15)12(3)17-18(14)4/h11,16H,5-10,15H2,1-4H3. The number of unbranched alkanes of at least 4 members (excludes halogenated alkanes) is 3. The molecule has 0 radical (unpaired) electrons. The van der Waals surface area contributed by atoms with E-state index in [9.17, 15) is 0 Å². The zero-order chi connectivity index (χ0) is 13.5. The zero-order valence-electron chi connectivity index (χ0n) is 12.3. The Balaban J connectivity index is 2.14. The van der Waals surface area contributed by atoms with Crippen molar-refractivity contribution < 1.29 is 0 Å². The summed E-state index contributed by atoms with van der Waals surface area (Å²) < 4.78 is 1.82. The number of nitrogen functional groups attached to an aromatic ring is 1. The Labute approximate surface area is 111 Å². The average molecular weight is 252 g/mol. The molecule has 0 aliphatic heterocycles. The van der Waals surface area contributed by atoms with Crippen molar-refractivity contribution in [1.29, 1.82) is 0 Å². The fourth-order valence-corrected chi connectivity index (χ4v) is 2.12. The number of nitrogens with two attached hydrogens (primary N) is 1. The number of hydrogen-bond donors (Lipinski definition) is 2. The van der Waals surface area contributed by atoms with Crippen molar-refractivity contribution in [3.05, 3.63) is 5.69 Å². The lowest BCUT2D eigenvalue weighted by Crippen LogP contribution is -2.07. The second-order valence-corrected chi connectivity index (χ2v) is 5.49. The van der Waals surface area contributed by atoms with Crippen LogP contribution in [0.5, 0.6) is 0 Å². The molecule has 1 aromatic heterocycles. The molecule has 1 heterocycles. The summed E-state index contributed by atoms with van der Waals surface area (Å²) in [5, 5.41) is 7.66. The van der Waals surface area contributed by atoms with Crippen LogP contribution in [0.2, 0.25) is 0 Å². The lowest BCUT2D eigenvalue weighted by Gasteiger charge is -2.08. The van der Waals surface area contributed by atoms with E-state index >= 15 is 0 Å². The summed E-state index contributed by atoms with van der Waals surface area (Å²) in [6, 6.07) is 0. The quantitative estimate of drug-likeness (QED) is 0.698. The first-order valence-corrected chi connectivity index (χ1v) is 7.05. The van der Waals surface area contributed by atoms with E-state index in [2.05, 4.69) is 24.3 Å². The van der Waals surface area contributed by atoms with Crippen LogP contribution in [0.4, 0.5) is 11.5 Å². The van der Waals surface area contributed by atoms with Gasteiger partial charge >= 0.3 is 0 Å². The Bertz CT molecular complexity index is 355. The molecule has 1 rings (SSSR count). The van der Waals surface area contributed by atoms with Crippen molar-refractivity contribution in [2.45, 2.75) is 52.9 Å². The molecule has 3 N–H and O–H groups in total. The molecular formula is C14H28N4. The molecule has 4 heteroatoms. The maximum Gasteiger partial charge on any atom is 0.147 e. The lowest BCUT2D eigenvalue weighted by atomic mass is 10.0. The number of aryl methyl sites for hydroxylation is 2. The second-order valence-electron chi connectivity index (χ2n) is 5.49. The highest BCUT2D eigenvalue weighted by molar-refractivity contribution is 5.64. The third kappa shape index (κ3) is 4.59. The largest absolute Gasteiger partial charge is 0.394 e. The van der Waals surface area contributed by atoms with Crippen LogP contribution < -0.4 is 11.1 Å². The van der Waals surface area contributed by atoms with Gasteiger partial charge in [-0.1, -0.05) is 39.5 Å². The summed E-state index contributed by atoms with van der Waals surface area (Å²) >= 11 is 0. The minimum atomic E-state index is 0.775. The normalized spacial score (nSPS) is 11.2. The zero-order valence-corrected chi connectivity index (χ0v) is 12.3. The van der Waals surface area contributed by atoms with E-state index in [-0.39, 0.29) is 0 Å². The van der Waals surface area contributed by atoms with E-state index in [1.807, 2.05) is 18.7 Å². The van der Waals surface area contributed by atoms with Gasteiger partial charge in [-0.2, -0.15) is 5.10 Å². The summed E-state index contributed by atoms with van der Waals surface area (Å²) in [5.74, 6) is 1.79. The van der Waals surface area contributed by atoms with Gasteiger partial charge in [-0.05, 0) is 19.3 Å². The maximum atomic E-state index is 5.95. The van der Waals surface area contributed by atoms with Crippen molar-refractivity contribution in [1.82, 2.24) is 9.78 Å². The average Bonchev–Trinajstić information content (AvgIpc) is 2.53. The number of hydrogen-bond acceptors (Lipinski definition) is 3. The van der Waals surface area contributed by atoms with Gasteiger partial charge in [0, 0.05) is 13.6 Å². The topological polar surface area (TPSA) is 55.9 Å². The number of rotatable bonds is 8. The fourth-order valence-electron chi connectivity index (χ4n) is 2.12. The molecule has 0 aliphatic rings. The third-order valence-electron chi connectivity index (χ3n) is 3.27. The summed E-state index contributed by atoms with van der Waals surface area (Å²) in [7, 11) is 1.92. The summed E-state index contributed by atoms with van der Waals surface area (Å²) in [6.07, 6.45) is 6.52. The van der Waals surface area contributed by atoms with Crippen LogP contribution in [0.25, 0.3) is 0 Å². The number of nitrogens with one attached hydrogen (secondary N) is 1. The number of aromatic nitrogens is 2. The molecule has 0 fully saturated rings. The van der Waals surface area contributed by atoms with E-state index in [4.69, 9.17) is 5.73 Å². The van der Waals surface area contributed by atoms with Gasteiger partial charge in [-0.3, -0.25) is 4.68 Å². The van der Waals surface area contributed by atoms with E-state index in [0.29, 0.717) is 0 Å². The Morgan fingerprint density at radius 1 is 1.22 bits per heavy atom. The predicted molar refractivity (Wildman–Crippen MR) is 78.8 cm³/mol. The van der Waals surface area contributed by atoms with E-state index in [1.54, 1.807) is 0 Å². The van der Waals surface area contributed by atoms with Gasteiger partial charge in [0.25, 0.3) is 0 Å². The summed E-state index contributed by atoms with van der Waals surface area (Å²) in [5.41, 5.74) is 7.63. The highest BCUT2D eigenvalue weighted by Gasteiger charge is 2.08. The minimum Gasteiger partial charge on any atom is -0.394 e. The third-order valence-corrected chi connectivity index (χ3v) is 3.27. The van der Waals surface area contributed by atoms with Gasteiger partial charge in [0.1, 0.15) is 5.82 Å². The van der Waals surface area contributed by atoms with Crippen molar-refractivity contribution in [2.24, 2.45) is 13.0 Å². The molecule has 0 saturated heterocycles. The Kier molecular flexibility index (Phi) is 6.02. The first kappa shape index (κ1) is 14.9. The highest BCUT2D eigenvalue weighted by atomic mass is 15.3. The Hall–Kier alpha value is -1.19. The molecular weight excluding hydrogens is 224 g/mol. The van der Waals surface area contributed by atoms with E-state index in [0.717, 1.165) is 29.7 Å². The van der Waals surface area contributed by atoms with Crippen molar-refractivity contribution >= 4 is 11.5 Å². The number of anilines is 2. The molecule has 0 aliphatic carbocycles. The molecule has 1 aromatic rings. The van der Waals surface area contributed by atoms with Crippen LogP contribution >= 0.6 is 0 Å². The smallest absolute Gasteiger partial charge is 0.147 e. The van der Waals surface area contributed by atoms with Gasteiger partial charge < -0.3 is 11.1 Å². The molecule has 0 saturated carbocycles. The Morgan fingerprint density at radius 3 is 2.44 bits per heavy atom. The van der Waals surface area contributed by atoms with Gasteiger partial charge in [0.15, 0.2) is 0 Å². The van der Waals surface area contributed by atoms with Crippen LogP contribution in [-0.2, 0) is 7.05 Å². The van der Waals surface area contributed by atoms with Gasteiger partial charge in [-0.25, -0.2) is 0 Å². The maximum absolute atomic E-state index is 5.95. The number of nitrogens with zero attached hydrogens (tertiary/aromatic N) is 2. The summed E-state index contributed by atoms with van der Waals surface area (Å²) in [6.45, 7) is 7.49. The fraction of sp³-hybridized carbons (Fsp3) is 0.786. The Morgan fingerprint density at radius 2 is 1.89 bits per heavy atom. The first-order valence-electron chi connectivity index (χ1n) is 7.05. The molecule has 0 amide bonds. The van der Waals surface area contributed by atoms with Gasteiger partial charge in [0.05, 0.1) is 11.4 Å². The van der Waals surface area contributed by atoms with E-state index < -0.39 is 0 Å². The van der Waals surface area contributed by atoms with Crippen LogP contribution in [-0.4, -0.2) is 16.3 Å². The minimum absolute atomic E-state index is 0.775. The molecule has 0 bridgehead atoms. The molecule has 0 atom stereocenters. The van der Waals surface area contributed by atoms with Crippen molar-refractivity contribution in [2.75, 3.05) is 17.6 Å². The molecule has 0 spiro atoms. The second kappa shape index (κ2) is 7.29. The highest BCUT2D eigenvalue weighted by Crippen LogP contribution is 2.20. The molecule has 4 nitrogen and oxygen atoms in total. The monoisotopic (exact) mass is 252 g/mol. The molecule has 18 heavy (non-hydrogen) atoms. The van der Waals surface area contributed by atoms with Crippen LogP contribution in [0, 0.1) is 12.8 Å². The van der Waals surface area contributed by atoms with Gasteiger partial charge in [0.2, 0.25) is 0 Å².